The Bertz CT molecular complexity index is 1170. The van der Waals surface area contributed by atoms with Gasteiger partial charge in [-0.1, -0.05) is 59.6 Å². The maximum absolute atomic E-state index is 13.5. The van der Waals surface area contributed by atoms with Crippen molar-refractivity contribution in [2.75, 3.05) is 18.4 Å². The highest BCUT2D eigenvalue weighted by Gasteiger charge is 2.38. The van der Waals surface area contributed by atoms with Crippen molar-refractivity contribution < 1.29 is 4.79 Å². The minimum Gasteiger partial charge on any atom is -0.363 e. The van der Waals surface area contributed by atoms with Gasteiger partial charge in [0.1, 0.15) is 11.4 Å². The van der Waals surface area contributed by atoms with E-state index in [9.17, 15) is 4.79 Å². The zero-order valence-electron chi connectivity index (χ0n) is 18.9. The summed E-state index contributed by atoms with van der Waals surface area (Å²) in [6.07, 6.45) is 4.48. The van der Waals surface area contributed by atoms with Crippen LogP contribution in [-0.4, -0.2) is 33.7 Å². The molecule has 1 saturated heterocycles. The van der Waals surface area contributed by atoms with Crippen molar-refractivity contribution in [3.05, 3.63) is 81.5 Å². The van der Waals surface area contributed by atoms with Crippen LogP contribution in [0.5, 0.6) is 0 Å². The molecule has 3 heterocycles. The highest BCUT2D eigenvalue weighted by atomic mass is 35.5. The number of carbonyl (C=O) groups is 1. The number of likely N-dealkylation sites (tertiary alicyclic amines) is 1. The zero-order valence-corrected chi connectivity index (χ0v) is 20.4. The topological polar surface area (TPSA) is 50.2 Å². The van der Waals surface area contributed by atoms with Gasteiger partial charge in [0.05, 0.1) is 27.8 Å². The highest BCUT2D eigenvalue weighted by Crippen LogP contribution is 2.40. The predicted molar refractivity (Wildman–Crippen MR) is 133 cm³/mol. The number of nitrogens with one attached hydrogen (secondary N) is 1. The Morgan fingerprint density at radius 2 is 1.94 bits per heavy atom. The van der Waals surface area contributed by atoms with Crippen LogP contribution in [-0.2, 0) is 12.0 Å². The van der Waals surface area contributed by atoms with Crippen molar-refractivity contribution >= 4 is 34.9 Å². The summed E-state index contributed by atoms with van der Waals surface area (Å²) in [5, 5.41) is 9.37. The quantitative estimate of drug-likeness (QED) is 0.482. The van der Waals surface area contributed by atoms with Gasteiger partial charge in [-0.2, -0.15) is 5.10 Å². The second-order valence-electron chi connectivity index (χ2n) is 9.80. The molecule has 0 aliphatic carbocycles. The summed E-state index contributed by atoms with van der Waals surface area (Å²) in [6, 6.07) is 16.3. The summed E-state index contributed by atoms with van der Waals surface area (Å²) in [7, 11) is 0. The largest absolute Gasteiger partial charge is 0.363 e. The number of fused-ring (bicyclic) bond motifs is 1. The molecule has 1 fully saturated rings. The average molecular weight is 483 g/mol. The highest BCUT2D eigenvalue weighted by molar-refractivity contribution is 6.42. The summed E-state index contributed by atoms with van der Waals surface area (Å²) in [6.45, 7) is 5.84. The van der Waals surface area contributed by atoms with E-state index >= 15 is 0 Å². The van der Waals surface area contributed by atoms with Gasteiger partial charge in [-0.25, -0.2) is 4.68 Å². The molecule has 0 spiro atoms. The second kappa shape index (κ2) is 8.69. The van der Waals surface area contributed by atoms with Crippen molar-refractivity contribution in [1.82, 2.24) is 14.7 Å². The number of amides is 1. The number of anilines is 1. The second-order valence-corrected chi connectivity index (χ2v) is 10.6. The molecule has 0 saturated carbocycles. The van der Waals surface area contributed by atoms with Gasteiger partial charge in [-0.3, -0.25) is 4.79 Å². The third-order valence-electron chi connectivity index (χ3n) is 6.87. The van der Waals surface area contributed by atoms with E-state index in [1.54, 1.807) is 6.20 Å². The van der Waals surface area contributed by atoms with E-state index in [4.69, 9.17) is 23.2 Å². The lowest BCUT2D eigenvalue weighted by molar-refractivity contribution is 0.0787. The minimum atomic E-state index is -0.193. The number of rotatable bonds is 4. The summed E-state index contributed by atoms with van der Waals surface area (Å²) in [5.74, 6) is 1.27. The first-order valence-corrected chi connectivity index (χ1v) is 12.2. The van der Waals surface area contributed by atoms with Gasteiger partial charge in [0, 0.05) is 13.1 Å². The Hall–Kier alpha value is -2.50. The predicted octanol–water partition coefficient (Wildman–Crippen LogP) is 6.19. The first-order valence-electron chi connectivity index (χ1n) is 11.4. The molecule has 0 radical (unpaired) electrons. The van der Waals surface area contributed by atoms with Crippen LogP contribution in [0.3, 0.4) is 0 Å². The Balaban J connectivity index is 1.33. The monoisotopic (exact) mass is 482 g/mol. The van der Waals surface area contributed by atoms with E-state index in [1.807, 2.05) is 33.8 Å². The van der Waals surface area contributed by atoms with Crippen molar-refractivity contribution in [1.29, 1.82) is 0 Å². The van der Waals surface area contributed by atoms with Crippen molar-refractivity contribution in [2.24, 2.45) is 5.92 Å². The number of aromatic nitrogens is 2. The lowest BCUT2D eigenvalue weighted by Crippen LogP contribution is -2.38. The van der Waals surface area contributed by atoms with Crippen LogP contribution >= 0.6 is 23.2 Å². The number of benzene rings is 2. The standard InChI is InChI=1S/C26H28Cl2N4O/c1-26(2)14-23(19-6-4-3-5-7-19)30-24-20(15-29-32(24)26)25(33)31-11-10-18(16-31)12-17-8-9-21(27)22(28)13-17/h3-9,13,15,18,23,30H,10-12,14,16H2,1-2H3. The van der Waals surface area contributed by atoms with E-state index in [2.05, 4.69) is 48.5 Å². The van der Waals surface area contributed by atoms with Crippen LogP contribution < -0.4 is 5.32 Å². The Morgan fingerprint density at radius 3 is 2.70 bits per heavy atom. The van der Waals surface area contributed by atoms with Gasteiger partial charge < -0.3 is 10.2 Å². The molecule has 2 atom stereocenters. The SMILES string of the molecule is CC1(C)CC(c2ccccc2)Nc2c(C(=O)N3CCC(Cc4ccc(Cl)c(Cl)c4)C3)cnn21. The van der Waals surface area contributed by atoms with Gasteiger partial charge in [0.2, 0.25) is 0 Å². The first-order chi connectivity index (χ1) is 15.8. The Kier molecular flexibility index (Phi) is 5.87. The molecule has 1 amide bonds. The van der Waals surface area contributed by atoms with E-state index in [0.29, 0.717) is 21.5 Å². The molecule has 1 N–H and O–H groups in total. The van der Waals surface area contributed by atoms with Crippen LogP contribution in [0.2, 0.25) is 10.0 Å². The summed E-state index contributed by atoms with van der Waals surface area (Å²) >= 11 is 12.2. The summed E-state index contributed by atoms with van der Waals surface area (Å²) in [4.78, 5) is 15.5. The molecule has 172 valence electrons. The molecule has 1 aromatic heterocycles. The van der Waals surface area contributed by atoms with E-state index in [0.717, 1.165) is 43.7 Å². The molecule has 0 bridgehead atoms. The number of hydrogen-bond acceptors (Lipinski definition) is 3. The summed E-state index contributed by atoms with van der Waals surface area (Å²) < 4.78 is 1.98. The Morgan fingerprint density at radius 1 is 1.15 bits per heavy atom. The van der Waals surface area contributed by atoms with Gasteiger partial charge in [-0.05, 0) is 62.3 Å². The van der Waals surface area contributed by atoms with Crippen molar-refractivity contribution in [3.8, 4) is 0 Å². The van der Waals surface area contributed by atoms with Crippen LogP contribution in [0.15, 0.2) is 54.7 Å². The molecule has 2 aliphatic heterocycles. The molecule has 2 aliphatic rings. The Labute approximate surface area is 204 Å². The smallest absolute Gasteiger partial charge is 0.259 e. The number of carbonyl (C=O) groups excluding carboxylic acids is 1. The lowest BCUT2D eigenvalue weighted by Gasteiger charge is -2.38. The van der Waals surface area contributed by atoms with E-state index in [-0.39, 0.29) is 17.5 Å². The van der Waals surface area contributed by atoms with Gasteiger partial charge in [0.15, 0.2) is 0 Å². The third-order valence-corrected chi connectivity index (χ3v) is 7.61. The maximum Gasteiger partial charge on any atom is 0.259 e. The maximum atomic E-state index is 13.5. The number of nitrogens with zero attached hydrogens (tertiary/aromatic N) is 3. The number of hydrogen-bond donors (Lipinski definition) is 1. The molecule has 7 heteroatoms. The van der Waals surface area contributed by atoms with Crippen LogP contribution in [0, 0.1) is 5.92 Å². The molecule has 3 aromatic rings. The van der Waals surface area contributed by atoms with E-state index < -0.39 is 0 Å². The van der Waals surface area contributed by atoms with Crippen LogP contribution in [0.4, 0.5) is 5.82 Å². The average Bonchev–Trinajstić information content (AvgIpc) is 3.44. The lowest BCUT2D eigenvalue weighted by atomic mass is 9.89. The van der Waals surface area contributed by atoms with Crippen LogP contribution in [0.25, 0.3) is 0 Å². The third kappa shape index (κ3) is 4.36. The van der Waals surface area contributed by atoms with Gasteiger partial charge >= 0.3 is 0 Å². The van der Waals surface area contributed by atoms with Crippen molar-refractivity contribution in [3.63, 3.8) is 0 Å². The summed E-state index contributed by atoms with van der Waals surface area (Å²) in [5.41, 5.74) is 2.83. The van der Waals surface area contributed by atoms with Gasteiger partial charge in [0.25, 0.3) is 5.91 Å². The van der Waals surface area contributed by atoms with E-state index in [1.165, 1.54) is 5.56 Å². The normalized spacial score (nSPS) is 21.5. The minimum absolute atomic E-state index is 0.0462. The van der Waals surface area contributed by atoms with Crippen molar-refractivity contribution in [2.45, 2.75) is 44.7 Å². The fraction of sp³-hybridized carbons (Fsp3) is 0.385. The molecule has 5 rings (SSSR count). The van der Waals surface area contributed by atoms with Crippen LogP contribution in [0.1, 0.15) is 54.2 Å². The fourth-order valence-corrected chi connectivity index (χ4v) is 5.47. The zero-order chi connectivity index (χ0) is 23.2. The fourth-order valence-electron chi connectivity index (χ4n) is 5.15. The molecule has 2 unspecified atom stereocenters. The molecular weight excluding hydrogens is 455 g/mol. The molecule has 5 nitrogen and oxygen atoms in total. The molecule has 33 heavy (non-hydrogen) atoms. The van der Waals surface area contributed by atoms with Gasteiger partial charge in [-0.15, -0.1) is 0 Å². The molecular formula is C26H28Cl2N4O. The molecule has 2 aromatic carbocycles. The number of halogens is 2. The first kappa shape index (κ1) is 22.3.